The van der Waals surface area contributed by atoms with Crippen LogP contribution in [0.5, 0.6) is 0 Å². The van der Waals surface area contributed by atoms with E-state index in [9.17, 15) is 9.59 Å². The molecule has 0 radical (unpaired) electrons. The molecule has 2 heterocycles. The minimum Gasteiger partial charge on any atom is -0.379 e. The quantitative estimate of drug-likeness (QED) is 0.824. The number of nitrogens with zero attached hydrogens (tertiary/aromatic N) is 2. The third-order valence-electron chi connectivity index (χ3n) is 4.62. The third kappa shape index (κ3) is 4.93. The molecule has 1 aromatic carbocycles. The molecule has 0 aliphatic carbocycles. The maximum Gasteiger partial charge on any atom is 0.315 e. The molecule has 1 aromatic rings. The first kappa shape index (κ1) is 17.7. The number of nitrogens with one attached hydrogen (secondary N) is 2. The van der Waals surface area contributed by atoms with Crippen LogP contribution in [0.2, 0.25) is 0 Å². The predicted molar refractivity (Wildman–Crippen MR) is 95.7 cm³/mol. The van der Waals surface area contributed by atoms with Gasteiger partial charge in [-0.3, -0.25) is 9.69 Å². The number of urea groups is 1. The van der Waals surface area contributed by atoms with Crippen molar-refractivity contribution in [3.8, 4) is 0 Å². The molecule has 1 atom stereocenters. The molecule has 0 saturated carbocycles. The van der Waals surface area contributed by atoms with Crippen LogP contribution in [0.15, 0.2) is 24.3 Å². The van der Waals surface area contributed by atoms with E-state index in [4.69, 9.17) is 4.74 Å². The molecule has 2 aliphatic rings. The monoisotopic (exact) mass is 346 g/mol. The van der Waals surface area contributed by atoms with E-state index in [0.717, 1.165) is 44.1 Å². The van der Waals surface area contributed by atoms with Crippen LogP contribution in [0, 0.1) is 6.92 Å². The standard InChI is InChI=1S/C18H26N4O3/c1-14-2-4-16(5-3-14)22-13-15(12-17(22)23)20-18(24)19-6-7-21-8-10-25-11-9-21/h2-5,15H,6-13H2,1H3,(H2,19,20,24)/t15-/m1/s1. The van der Waals surface area contributed by atoms with E-state index in [1.807, 2.05) is 31.2 Å². The molecule has 2 fully saturated rings. The van der Waals surface area contributed by atoms with Gasteiger partial charge in [-0.05, 0) is 19.1 Å². The van der Waals surface area contributed by atoms with Gasteiger partial charge in [-0.25, -0.2) is 4.79 Å². The van der Waals surface area contributed by atoms with Gasteiger partial charge in [0.15, 0.2) is 0 Å². The Morgan fingerprint density at radius 3 is 2.68 bits per heavy atom. The second kappa shape index (κ2) is 8.31. The lowest BCUT2D eigenvalue weighted by Crippen LogP contribution is -2.46. The molecular formula is C18H26N4O3. The van der Waals surface area contributed by atoms with Gasteiger partial charge in [0.05, 0.1) is 19.3 Å². The van der Waals surface area contributed by atoms with Crippen LogP contribution in [-0.4, -0.2) is 68.8 Å². The van der Waals surface area contributed by atoms with Crippen LogP contribution < -0.4 is 15.5 Å². The molecular weight excluding hydrogens is 320 g/mol. The lowest BCUT2D eigenvalue weighted by molar-refractivity contribution is -0.117. The van der Waals surface area contributed by atoms with E-state index in [0.29, 0.717) is 19.5 Å². The molecule has 2 N–H and O–H groups in total. The normalized spacial score (nSPS) is 21.4. The summed E-state index contributed by atoms with van der Waals surface area (Å²) in [7, 11) is 0. The Hall–Kier alpha value is -2.12. The van der Waals surface area contributed by atoms with Crippen LogP contribution in [0.25, 0.3) is 0 Å². The summed E-state index contributed by atoms with van der Waals surface area (Å²) in [5.74, 6) is 0.0440. The van der Waals surface area contributed by atoms with E-state index in [1.54, 1.807) is 4.90 Å². The van der Waals surface area contributed by atoms with Gasteiger partial charge in [0.25, 0.3) is 0 Å². The fraction of sp³-hybridized carbons (Fsp3) is 0.556. The summed E-state index contributed by atoms with van der Waals surface area (Å²) in [6.07, 6.45) is 0.338. The molecule has 7 heteroatoms. The largest absolute Gasteiger partial charge is 0.379 e. The van der Waals surface area contributed by atoms with Crippen molar-refractivity contribution in [1.29, 1.82) is 0 Å². The zero-order valence-electron chi connectivity index (χ0n) is 14.7. The number of rotatable bonds is 5. The highest BCUT2D eigenvalue weighted by Gasteiger charge is 2.31. The average molecular weight is 346 g/mol. The fourth-order valence-electron chi connectivity index (χ4n) is 3.17. The van der Waals surface area contributed by atoms with Crippen molar-refractivity contribution in [1.82, 2.24) is 15.5 Å². The number of hydrogen-bond donors (Lipinski definition) is 2. The number of carbonyl (C=O) groups excluding carboxylic acids is 2. The van der Waals surface area contributed by atoms with Gasteiger partial charge in [-0.1, -0.05) is 17.7 Å². The average Bonchev–Trinajstić information content (AvgIpc) is 2.96. The van der Waals surface area contributed by atoms with Crippen molar-refractivity contribution >= 4 is 17.6 Å². The molecule has 0 bridgehead atoms. The lowest BCUT2D eigenvalue weighted by Gasteiger charge is -2.26. The third-order valence-corrected chi connectivity index (χ3v) is 4.62. The van der Waals surface area contributed by atoms with E-state index < -0.39 is 0 Å². The number of morpholine rings is 1. The molecule has 0 aromatic heterocycles. The maximum absolute atomic E-state index is 12.2. The summed E-state index contributed by atoms with van der Waals surface area (Å²) < 4.78 is 5.30. The van der Waals surface area contributed by atoms with E-state index in [2.05, 4.69) is 15.5 Å². The molecule has 3 amide bonds. The number of aryl methyl sites for hydroxylation is 1. The van der Waals surface area contributed by atoms with Gasteiger partial charge in [-0.2, -0.15) is 0 Å². The van der Waals surface area contributed by atoms with E-state index in [1.165, 1.54) is 0 Å². The first-order chi connectivity index (χ1) is 12.1. The second-order valence-electron chi connectivity index (χ2n) is 6.60. The number of carbonyl (C=O) groups is 2. The summed E-state index contributed by atoms with van der Waals surface area (Å²) in [5.41, 5.74) is 2.04. The number of ether oxygens (including phenoxy) is 1. The van der Waals surface area contributed by atoms with Gasteiger partial charge in [0.2, 0.25) is 5.91 Å². The van der Waals surface area contributed by atoms with Crippen molar-refractivity contribution in [2.75, 3.05) is 50.8 Å². The summed E-state index contributed by atoms with van der Waals surface area (Å²) in [5, 5.41) is 5.77. The Morgan fingerprint density at radius 1 is 1.24 bits per heavy atom. The zero-order valence-corrected chi connectivity index (χ0v) is 14.7. The summed E-state index contributed by atoms with van der Waals surface area (Å²) in [6, 6.07) is 7.49. The Bertz CT molecular complexity index is 599. The highest BCUT2D eigenvalue weighted by atomic mass is 16.5. The fourth-order valence-corrected chi connectivity index (χ4v) is 3.17. The minimum atomic E-state index is -0.211. The maximum atomic E-state index is 12.2. The number of anilines is 1. The Morgan fingerprint density at radius 2 is 1.96 bits per heavy atom. The van der Waals surface area contributed by atoms with Crippen molar-refractivity contribution in [3.63, 3.8) is 0 Å². The second-order valence-corrected chi connectivity index (χ2v) is 6.60. The minimum absolute atomic E-state index is 0.0440. The van der Waals surface area contributed by atoms with E-state index in [-0.39, 0.29) is 18.0 Å². The van der Waals surface area contributed by atoms with Gasteiger partial charge < -0.3 is 20.3 Å². The first-order valence-corrected chi connectivity index (χ1v) is 8.83. The molecule has 3 rings (SSSR count). The van der Waals surface area contributed by atoms with Crippen LogP contribution in [-0.2, 0) is 9.53 Å². The van der Waals surface area contributed by atoms with Crippen LogP contribution >= 0.6 is 0 Å². The number of amides is 3. The van der Waals surface area contributed by atoms with Crippen molar-refractivity contribution in [2.45, 2.75) is 19.4 Å². The highest BCUT2D eigenvalue weighted by molar-refractivity contribution is 5.96. The SMILES string of the molecule is Cc1ccc(N2C[C@H](NC(=O)NCCN3CCOCC3)CC2=O)cc1. The number of benzene rings is 1. The molecule has 25 heavy (non-hydrogen) atoms. The number of hydrogen-bond acceptors (Lipinski definition) is 4. The molecule has 0 unspecified atom stereocenters. The molecule has 0 spiro atoms. The molecule has 7 nitrogen and oxygen atoms in total. The molecule has 2 aliphatic heterocycles. The highest BCUT2D eigenvalue weighted by Crippen LogP contribution is 2.21. The van der Waals surface area contributed by atoms with Gasteiger partial charge in [0.1, 0.15) is 0 Å². The van der Waals surface area contributed by atoms with Gasteiger partial charge >= 0.3 is 6.03 Å². The smallest absolute Gasteiger partial charge is 0.315 e. The molecule has 2 saturated heterocycles. The summed E-state index contributed by atoms with van der Waals surface area (Å²) in [4.78, 5) is 28.2. The Balaban J connectivity index is 1.41. The summed E-state index contributed by atoms with van der Waals surface area (Å²) >= 11 is 0. The predicted octanol–water partition coefficient (Wildman–Crippen LogP) is 0.732. The molecule has 136 valence electrons. The topological polar surface area (TPSA) is 73.9 Å². The van der Waals surface area contributed by atoms with Crippen molar-refractivity contribution < 1.29 is 14.3 Å². The van der Waals surface area contributed by atoms with Crippen LogP contribution in [0.3, 0.4) is 0 Å². The van der Waals surface area contributed by atoms with Crippen molar-refractivity contribution in [3.05, 3.63) is 29.8 Å². The lowest BCUT2D eigenvalue weighted by atomic mass is 10.2. The van der Waals surface area contributed by atoms with Crippen LogP contribution in [0.1, 0.15) is 12.0 Å². The van der Waals surface area contributed by atoms with Crippen LogP contribution in [0.4, 0.5) is 10.5 Å². The van der Waals surface area contributed by atoms with Gasteiger partial charge in [0, 0.05) is 44.8 Å². The van der Waals surface area contributed by atoms with Crippen molar-refractivity contribution in [2.24, 2.45) is 0 Å². The summed E-state index contributed by atoms with van der Waals surface area (Å²) in [6.45, 7) is 7.26. The first-order valence-electron chi connectivity index (χ1n) is 8.83. The zero-order chi connectivity index (χ0) is 17.6. The van der Waals surface area contributed by atoms with Gasteiger partial charge in [-0.15, -0.1) is 0 Å². The Labute approximate surface area is 148 Å². The van der Waals surface area contributed by atoms with E-state index >= 15 is 0 Å². The Kier molecular flexibility index (Phi) is 5.88.